The van der Waals surface area contributed by atoms with Crippen molar-refractivity contribution in [2.24, 2.45) is 5.92 Å². The highest BCUT2D eigenvalue weighted by molar-refractivity contribution is 7.15. The van der Waals surface area contributed by atoms with Crippen LogP contribution in [0.4, 0.5) is 0 Å². The van der Waals surface area contributed by atoms with Gasteiger partial charge >= 0.3 is 0 Å². The van der Waals surface area contributed by atoms with Crippen LogP contribution in [-0.2, 0) is 6.54 Å². The van der Waals surface area contributed by atoms with E-state index in [0.29, 0.717) is 5.15 Å². The third-order valence-corrected chi connectivity index (χ3v) is 5.12. The molecule has 0 aliphatic carbocycles. The molecule has 0 aromatic carbocycles. The predicted molar refractivity (Wildman–Crippen MR) is 85.5 cm³/mol. The van der Waals surface area contributed by atoms with Gasteiger partial charge in [0.15, 0.2) is 5.82 Å². The Labute approximate surface area is 129 Å². The molecule has 3 nitrogen and oxygen atoms in total. The number of nitrogens with one attached hydrogen (secondary N) is 1. The fourth-order valence-electron chi connectivity index (χ4n) is 2.80. The summed E-state index contributed by atoms with van der Waals surface area (Å²) in [5.41, 5.74) is 0. The Bertz CT molecular complexity index is 569. The molecule has 0 amide bonds. The maximum Gasteiger partial charge on any atom is 0.151 e. The van der Waals surface area contributed by atoms with Crippen LogP contribution in [0.2, 0.25) is 5.15 Å². The average Bonchev–Trinajstić information content (AvgIpc) is 3.03. The smallest absolute Gasteiger partial charge is 0.151 e. The first kappa shape index (κ1) is 14.1. The van der Waals surface area contributed by atoms with Gasteiger partial charge in [0.1, 0.15) is 5.15 Å². The van der Waals surface area contributed by atoms with E-state index in [1.807, 2.05) is 6.20 Å². The van der Waals surface area contributed by atoms with E-state index in [1.165, 1.54) is 29.0 Å². The zero-order chi connectivity index (χ0) is 13.9. The summed E-state index contributed by atoms with van der Waals surface area (Å²) in [6.07, 6.45) is 5.75. The van der Waals surface area contributed by atoms with Crippen molar-refractivity contribution in [1.29, 1.82) is 0 Å². The lowest BCUT2D eigenvalue weighted by atomic mass is 9.95. The summed E-state index contributed by atoms with van der Waals surface area (Å²) in [4.78, 5) is 7.00. The van der Waals surface area contributed by atoms with Crippen LogP contribution >= 0.6 is 22.9 Å². The number of thiophene rings is 1. The van der Waals surface area contributed by atoms with Crippen LogP contribution in [0, 0.1) is 12.8 Å². The van der Waals surface area contributed by atoms with Gasteiger partial charge < -0.3 is 9.88 Å². The van der Waals surface area contributed by atoms with Crippen LogP contribution < -0.4 is 5.32 Å². The standard InChI is InChI=1S/C15H20ClN3S/c1-11-2-3-13(20-11)15-18-14(16)10-19(15)9-6-12-4-7-17-8-5-12/h2-3,10,12,17H,4-9H2,1H3. The second-order valence-electron chi connectivity index (χ2n) is 5.47. The number of hydrogen-bond acceptors (Lipinski definition) is 3. The Morgan fingerprint density at radius 2 is 2.20 bits per heavy atom. The molecule has 1 aliphatic rings. The number of hydrogen-bond donors (Lipinski definition) is 1. The van der Waals surface area contributed by atoms with E-state index in [9.17, 15) is 0 Å². The molecule has 20 heavy (non-hydrogen) atoms. The lowest BCUT2D eigenvalue weighted by Crippen LogP contribution is -2.28. The van der Waals surface area contributed by atoms with Crippen LogP contribution in [0.3, 0.4) is 0 Å². The Balaban J connectivity index is 1.72. The summed E-state index contributed by atoms with van der Waals surface area (Å²) < 4.78 is 2.22. The third-order valence-electron chi connectivity index (χ3n) is 3.94. The van der Waals surface area contributed by atoms with Crippen LogP contribution in [-0.4, -0.2) is 22.6 Å². The molecule has 0 spiro atoms. The largest absolute Gasteiger partial charge is 0.329 e. The summed E-state index contributed by atoms with van der Waals surface area (Å²) >= 11 is 7.88. The van der Waals surface area contributed by atoms with Gasteiger partial charge in [-0.2, -0.15) is 0 Å². The summed E-state index contributed by atoms with van der Waals surface area (Å²) in [7, 11) is 0. The Morgan fingerprint density at radius 1 is 1.40 bits per heavy atom. The summed E-state index contributed by atoms with van der Waals surface area (Å²) in [5.74, 6) is 1.84. The number of piperidine rings is 1. The quantitative estimate of drug-likeness (QED) is 0.926. The van der Waals surface area contributed by atoms with E-state index in [1.54, 1.807) is 11.3 Å². The third kappa shape index (κ3) is 3.25. The molecule has 0 saturated carbocycles. The molecule has 3 rings (SSSR count). The lowest BCUT2D eigenvalue weighted by Gasteiger charge is -2.22. The number of imidazole rings is 1. The zero-order valence-corrected chi connectivity index (χ0v) is 13.3. The molecule has 1 N–H and O–H groups in total. The molecule has 2 aromatic rings. The molecule has 3 heterocycles. The Morgan fingerprint density at radius 3 is 2.90 bits per heavy atom. The van der Waals surface area contributed by atoms with Gasteiger partial charge in [0.05, 0.1) is 4.88 Å². The highest BCUT2D eigenvalue weighted by Gasteiger charge is 2.15. The maximum atomic E-state index is 6.11. The number of nitrogens with zero attached hydrogens (tertiary/aromatic N) is 2. The topological polar surface area (TPSA) is 29.9 Å². The Kier molecular flexibility index (Phi) is 4.44. The lowest BCUT2D eigenvalue weighted by molar-refractivity contribution is 0.338. The first-order chi connectivity index (χ1) is 9.72. The minimum absolute atomic E-state index is 0.594. The van der Waals surface area contributed by atoms with Crippen LogP contribution in [0.1, 0.15) is 24.1 Å². The maximum absolute atomic E-state index is 6.11. The van der Waals surface area contributed by atoms with Crippen molar-refractivity contribution in [1.82, 2.24) is 14.9 Å². The van der Waals surface area contributed by atoms with Crippen molar-refractivity contribution in [2.75, 3.05) is 13.1 Å². The SMILES string of the molecule is Cc1ccc(-c2nc(Cl)cn2CCC2CCNCC2)s1. The van der Waals surface area contributed by atoms with Gasteiger partial charge in [-0.25, -0.2) is 4.98 Å². The fraction of sp³-hybridized carbons (Fsp3) is 0.533. The first-order valence-electron chi connectivity index (χ1n) is 7.22. The Hall–Kier alpha value is -0.840. The van der Waals surface area contributed by atoms with Crippen molar-refractivity contribution < 1.29 is 0 Å². The van der Waals surface area contributed by atoms with E-state index in [-0.39, 0.29) is 0 Å². The van der Waals surface area contributed by atoms with Gasteiger partial charge in [-0.3, -0.25) is 0 Å². The first-order valence-corrected chi connectivity index (χ1v) is 8.42. The molecule has 5 heteroatoms. The van der Waals surface area contributed by atoms with Gasteiger partial charge in [0, 0.05) is 17.6 Å². The summed E-state index contributed by atoms with van der Waals surface area (Å²) in [6.45, 7) is 5.45. The van der Waals surface area contributed by atoms with Gasteiger partial charge in [-0.05, 0) is 57.3 Å². The molecular weight excluding hydrogens is 290 g/mol. The average molecular weight is 310 g/mol. The molecule has 108 valence electrons. The molecule has 1 aliphatic heterocycles. The van der Waals surface area contributed by atoms with Crippen molar-refractivity contribution in [3.8, 4) is 10.7 Å². The number of aryl methyl sites for hydroxylation is 2. The monoisotopic (exact) mass is 309 g/mol. The van der Waals surface area contributed by atoms with E-state index in [4.69, 9.17) is 11.6 Å². The highest BCUT2D eigenvalue weighted by atomic mass is 35.5. The van der Waals surface area contributed by atoms with E-state index in [0.717, 1.165) is 31.4 Å². The van der Waals surface area contributed by atoms with Crippen molar-refractivity contribution in [3.63, 3.8) is 0 Å². The molecule has 1 fully saturated rings. The minimum Gasteiger partial charge on any atom is -0.329 e. The molecule has 0 bridgehead atoms. The molecular formula is C15H20ClN3S. The number of halogens is 1. The molecule has 0 atom stereocenters. The van der Waals surface area contributed by atoms with Crippen LogP contribution in [0.5, 0.6) is 0 Å². The summed E-state index contributed by atoms with van der Waals surface area (Å²) in [6, 6.07) is 4.28. The molecule has 0 unspecified atom stereocenters. The van der Waals surface area contributed by atoms with Gasteiger partial charge in [-0.15, -0.1) is 11.3 Å². The zero-order valence-electron chi connectivity index (χ0n) is 11.7. The molecule has 1 saturated heterocycles. The second kappa shape index (κ2) is 6.29. The highest BCUT2D eigenvalue weighted by Crippen LogP contribution is 2.29. The van der Waals surface area contributed by atoms with Crippen molar-refractivity contribution >= 4 is 22.9 Å². The van der Waals surface area contributed by atoms with Gasteiger partial charge in [0.25, 0.3) is 0 Å². The predicted octanol–water partition coefficient (Wildman–Crippen LogP) is 3.96. The second-order valence-corrected chi connectivity index (χ2v) is 7.15. The van der Waals surface area contributed by atoms with Crippen molar-refractivity contribution in [2.45, 2.75) is 32.7 Å². The van der Waals surface area contributed by atoms with Crippen LogP contribution in [0.15, 0.2) is 18.3 Å². The normalized spacial score (nSPS) is 16.7. The molecule has 2 aromatic heterocycles. The molecule has 0 radical (unpaired) electrons. The number of rotatable bonds is 4. The minimum atomic E-state index is 0.594. The fourth-order valence-corrected chi connectivity index (χ4v) is 3.87. The van der Waals surface area contributed by atoms with Gasteiger partial charge in [-0.1, -0.05) is 11.6 Å². The summed E-state index contributed by atoms with van der Waals surface area (Å²) in [5, 5.41) is 4.01. The van der Waals surface area contributed by atoms with Crippen molar-refractivity contribution in [3.05, 3.63) is 28.4 Å². The van der Waals surface area contributed by atoms with Crippen LogP contribution in [0.25, 0.3) is 10.7 Å². The van der Waals surface area contributed by atoms with E-state index < -0.39 is 0 Å². The van der Waals surface area contributed by atoms with E-state index in [2.05, 4.69) is 33.9 Å². The van der Waals surface area contributed by atoms with E-state index >= 15 is 0 Å². The van der Waals surface area contributed by atoms with Gasteiger partial charge in [0.2, 0.25) is 0 Å². The number of aromatic nitrogens is 2.